The number of imidazole rings is 1. The minimum Gasteiger partial charge on any atom is -0.352 e. The summed E-state index contributed by atoms with van der Waals surface area (Å²) >= 11 is 0. The highest BCUT2D eigenvalue weighted by molar-refractivity contribution is 5.76. The van der Waals surface area contributed by atoms with E-state index in [1.54, 1.807) is 24.7 Å². The highest BCUT2D eigenvalue weighted by Crippen LogP contribution is 2.31. The number of alkyl halides is 3. The molecule has 0 aliphatic carbocycles. The van der Waals surface area contributed by atoms with Gasteiger partial charge in [0.25, 0.3) is 0 Å². The topological polar surface area (TPSA) is 70.7 Å². The maximum absolute atomic E-state index is 13.0. The minimum atomic E-state index is -4.46. The Bertz CT molecular complexity index is 1050. The van der Waals surface area contributed by atoms with Crippen LogP contribution in [-0.4, -0.2) is 15.5 Å². The third kappa shape index (κ3) is 5.47. The Morgan fingerprint density at radius 1 is 1.13 bits per heavy atom. The third-order valence-corrected chi connectivity index (χ3v) is 4.64. The molecule has 1 heterocycles. The van der Waals surface area contributed by atoms with Crippen LogP contribution in [0.25, 0.3) is 0 Å². The third-order valence-electron chi connectivity index (χ3n) is 4.64. The highest BCUT2D eigenvalue weighted by Gasteiger charge is 2.32. The van der Waals surface area contributed by atoms with Crippen LogP contribution in [0.2, 0.25) is 0 Å². The number of carbonyl (C=O) groups is 1. The van der Waals surface area contributed by atoms with Crippen LogP contribution >= 0.6 is 0 Å². The number of aromatic nitrogens is 2. The van der Waals surface area contributed by atoms with E-state index in [2.05, 4.69) is 16.4 Å². The van der Waals surface area contributed by atoms with Crippen LogP contribution in [0, 0.1) is 11.3 Å². The number of nitriles is 1. The molecule has 8 heteroatoms. The van der Waals surface area contributed by atoms with E-state index in [4.69, 9.17) is 5.26 Å². The number of hydrogen-bond donors (Lipinski definition) is 1. The van der Waals surface area contributed by atoms with Crippen molar-refractivity contribution in [1.82, 2.24) is 14.9 Å². The van der Waals surface area contributed by atoms with Crippen LogP contribution in [0.5, 0.6) is 0 Å². The molecule has 0 atom stereocenters. The SMILES string of the molecule is N#Cc1ccc(Cn2cncc2CCC(=O)NCc2ccccc2C(F)(F)F)cc1. The minimum absolute atomic E-state index is 0.0317. The molecule has 154 valence electrons. The largest absolute Gasteiger partial charge is 0.416 e. The van der Waals surface area contributed by atoms with Crippen LogP contribution in [0.1, 0.15) is 34.4 Å². The lowest BCUT2D eigenvalue weighted by Crippen LogP contribution is -2.25. The first kappa shape index (κ1) is 21.1. The van der Waals surface area contributed by atoms with Crippen molar-refractivity contribution in [2.24, 2.45) is 0 Å². The number of rotatable bonds is 7. The highest BCUT2D eigenvalue weighted by atomic mass is 19.4. The first-order chi connectivity index (χ1) is 14.4. The summed E-state index contributed by atoms with van der Waals surface area (Å²) in [5.74, 6) is -0.335. The number of hydrogen-bond acceptors (Lipinski definition) is 3. The lowest BCUT2D eigenvalue weighted by Gasteiger charge is -2.13. The number of benzene rings is 2. The van der Waals surface area contributed by atoms with Crippen molar-refractivity contribution in [1.29, 1.82) is 5.26 Å². The van der Waals surface area contributed by atoms with E-state index in [1.165, 1.54) is 18.2 Å². The van der Waals surface area contributed by atoms with Gasteiger partial charge in [-0.15, -0.1) is 0 Å². The van der Waals surface area contributed by atoms with Crippen molar-refractivity contribution in [2.75, 3.05) is 0 Å². The molecule has 1 N–H and O–H groups in total. The van der Waals surface area contributed by atoms with Gasteiger partial charge >= 0.3 is 6.18 Å². The Balaban J connectivity index is 1.55. The molecule has 1 aromatic heterocycles. The smallest absolute Gasteiger partial charge is 0.352 e. The van der Waals surface area contributed by atoms with Gasteiger partial charge in [-0.3, -0.25) is 4.79 Å². The molecular weight excluding hydrogens is 393 g/mol. The van der Waals surface area contributed by atoms with Gasteiger partial charge in [-0.2, -0.15) is 18.4 Å². The number of halogens is 3. The number of nitrogens with one attached hydrogen (secondary N) is 1. The summed E-state index contributed by atoms with van der Waals surface area (Å²) in [5.41, 5.74) is 1.69. The van der Waals surface area contributed by atoms with Crippen molar-refractivity contribution < 1.29 is 18.0 Å². The van der Waals surface area contributed by atoms with Crippen LogP contribution in [-0.2, 0) is 30.5 Å². The van der Waals surface area contributed by atoms with Gasteiger partial charge in [0.05, 0.1) is 23.5 Å². The van der Waals surface area contributed by atoms with E-state index in [9.17, 15) is 18.0 Å². The quantitative estimate of drug-likeness (QED) is 0.636. The molecule has 5 nitrogen and oxygen atoms in total. The molecule has 2 aromatic carbocycles. The van der Waals surface area contributed by atoms with Crippen LogP contribution < -0.4 is 5.32 Å². The van der Waals surface area contributed by atoms with Crippen molar-refractivity contribution in [3.05, 3.63) is 89.0 Å². The van der Waals surface area contributed by atoms with Gasteiger partial charge in [0, 0.05) is 31.4 Å². The second-order valence-electron chi connectivity index (χ2n) is 6.75. The Morgan fingerprint density at radius 2 is 1.87 bits per heavy atom. The van der Waals surface area contributed by atoms with Crippen molar-refractivity contribution in [3.63, 3.8) is 0 Å². The summed E-state index contributed by atoms with van der Waals surface area (Å²) < 4.78 is 41.0. The monoisotopic (exact) mass is 412 g/mol. The molecule has 0 fully saturated rings. The molecule has 0 aliphatic heterocycles. The Morgan fingerprint density at radius 3 is 2.57 bits per heavy atom. The first-order valence-electron chi connectivity index (χ1n) is 9.26. The predicted octanol–water partition coefficient (Wildman–Crippen LogP) is 4.07. The first-order valence-corrected chi connectivity index (χ1v) is 9.26. The molecular formula is C22H19F3N4O. The number of carbonyl (C=O) groups excluding carboxylic acids is 1. The Kier molecular flexibility index (Phi) is 6.52. The normalized spacial score (nSPS) is 11.1. The van der Waals surface area contributed by atoms with Gasteiger partial charge in [0.15, 0.2) is 0 Å². The van der Waals surface area contributed by atoms with Gasteiger partial charge in [0.1, 0.15) is 0 Å². The Hall–Kier alpha value is -3.60. The molecule has 0 aliphatic rings. The van der Waals surface area contributed by atoms with Gasteiger partial charge in [-0.25, -0.2) is 4.98 Å². The van der Waals surface area contributed by atoms with Crippen molar-refractivity contribution >= 4 is 5.91 Å². The van der Waals surface area contributed by atoms with Gasteiger partial charge in [-0.05, 0) is 35.7 Å². The summed E-state index contributed by atoms with van der Waals surface area (Å²) in [4.78, 5) is 16.3. The van der Waals surface area contributed by atoms with E-state index in [0.29, 0.717) is 18.5 Å². The zero-order chi connectivity index (χ0) is 21.6. The lowest BCUT2D eigenvalue weighted by molar-refractivity contribution is -0.138. The van der Waals surface area contributed by atoms with Crippen LogP contribution in [0.3, 0.4) is 0 Å². The molecule has 0 unspecified atom stereocenters. The van der Waals surface area contributed by atoms with E-state index in [0.717, 1.165) is 17.3 Å². The molecule has 0 bridgehead atoms. The van der Waals surface area contributed by atoms with Gasteiger partial charge < -0.3 is 9.88 Å². The van der Waals surface area contributed by atoms with E-state index < -0.39 is 11.7 Å². The molecule has 0 saturated carbocycles. The summed E-state index contributed by atoms with van der Waals surface area (Å²) in [6, 6.07) is 14.4. The second kappa shape index (κ2) is 9.27. The van der Waals surface area contributed by atoms with Crippen LogP contribution in [0.4, 0.5) is 13.2 Å². The Labute approximate surface area is 171 Å². The molecule has 3 rings (SSSR count). The average Bonchev–Trinajstić information content (AvgIpc) is 3.17. The fraction of sp³-hybridized carbons (Fsp3) is 0.227. The fourth-order valence-electron chi connectivity index (χ4n) is 3.05. The van der Waals surface area contributed by atoms with E-state index in [1.807, 2.05) is 16.7 Å². The molecule has 0 spiro atoms. The maximum Gasteiger partial charge on any atom is 0.416 e. The molecule has 1 amide bonds. The molecule has 30 heavy (non-hydrogen) atoms. The fourth-order valence-corrected chi connectivity index (χ4v) is 3.05. The number of aryl methyl sites for hydroxylation is 1. The van der Waals surface area contributed by atoms with Gasteiger partial charge in [0.2, 0.25) is 5.91 Å². The number of amides is 1. The van der Waals surface area contributed by atoms with E-state index in [-0.39, 0.29) is 24.4 Å². The van der Waals surface area contributed by atoms with Crippen molar-refractivity contribution in [2.45, 2.75) is 32.1 Å². The summed E-state index contributed by atoms with van der Waals surface area (Å²) in [7, 11) is 0. The number of nitrogens with zero attached hydrogens (tertiary/aromatic N) is 3. The molecule has 0 saturated heterocycles. The van der Waals surface area contributed by atoms with Crippen molar-refractivity contribution in [3.8, 4) is 6.07 Å². The lowest BCUT2D eigenvalue weighted by atomic mass is 10.1. The standard InChI is InChI=1S/C22H19F3N4O/c23-22(24,25)20-4-2-1-3-18(20)12-28-21(30)10-9-19-13-27-15-29(19)14-17-7-5-16(11-26)6-8-17/h1-8,13,15H,9-10,12,14H2,(H,28,30). The van der Waals surface area contributed by atoms with E-state index >= 15 is 0 Å². The zero-order valence-corrected chi connectivity index (χ0v) is 16.0. The summed E-state index contributed by atoms with van der Waals surface area (Å²) in [5, 5.41) is 11.4. The predicted molar refractivity (Wildman–Crippen MR) is 104 cm³/mol. The van der Waals surface area contributed by atoms with Crippen LogP contribution in [0.15, 0.2) is 61.1 Å². The average molecular weight is 412 g/mol. The summed E-state index contributed by atoms with van der Waals surface area (Å²) in [6.45, 7) is 0.362. The summed E-state index contributed by atoms with van der Waals surface area (Å²) in [6.07, 6.45) is -0.601. The second-order valence-corrected chi connectivity index (χ2v) is 6.75. The zero-order valence-electron chi connectivity index (χ0n) is 16.0. The maximum atomic E-state index is 13.0. The van der Waals surface area contributed by atoms with Gasteiger partial charge in [-0.1, -0.05) is 30.3 Å². The molecule has 0 radical (unpaired) electrons. The molecule has 3 aromatic rings.